The first kappa shape index (κ1) is 20.9. The molecule has 3 heterocycles. The molecule has 168 valence electrons. The largest absolute Gasteiger partial charge is 0.508 e. The standard InChI is InChI=1S/C24H28FN5O2/c1-14-20-17(22(32)30-13-24(8-4-5-9-24)26-12-23(30,2)3)11-19(27-21(20)29-28-14)16-7-6-15(31)10-18(16)25/h6-7,10-11,26,31H,4-5,8-9,12-13H2,1-3H3,(H,27,28,29). The lowest BCUT2D eigenvalue weighted by molar-refractivity contribution is 0.0227. The summed E-state index contributed by atoms with van der Waals surface area (Å²) in [7, 11) is 0. The zero-order valence-electron chi connectivity index (χ0n) is 18.6. The highest BCUT2D eigenvalue weighted by molar-refractivity contribution is 6.07. The first-order valence-electron chi connectivity index (χ1n) is 11.1. The summed E-state index contributed by atoms with van der Waals surface area (Å²) in [6.07, 6.45) is 4.46. The fourth-order valence-corrected chi connectivity index (χ4v) is 5.14. The minimum Gasteiger partial charge on any atom is -0.508 e. The molecule has 5 rings (SSSR count). The van der Waals surface area contributed by atoms with E-state index in [0.29, 0.717) is 28.8 Å². The molecule has 3 aromatic rings. The van der Waals surface area contributed by atoms with Crippen LogP contribution in [0.1, 0.15) is 55.6 Å². The maximum Gasteiger partial charge on any atom is 0.255 e. The predicted molar refractivity (Wildman–Crippen MR) is 120 cm³/mol. The molecule has 0 atom stereocenters. The number of aromatic hydroxyl groups is 1. The summed E-state index contributed by atoms with van der Waals surface area (Å²) >= 11 is 0. The topological polar surface area (TPSA) is 94.1 Å². The molecule has 2 fully saturated rings. The van der Waals surface area contributed by atoms with Crippen molar-refractivity contribution in [3.8, 4) is 17.0 Å². The maximum atomic E-state index is 14.6. The van der Waals surface area contributed by atoms with Crippen LogP contribution in [0.15, 0.2) is 24.3 Å². The molecule has 7 nitrogen and oxygen atoms in total. The number of hydrogen-bond acceptors (Lipinski definition) is 5. The number of piperazine rings is 1. The summed E-state index contributed by atoms with van der Waals surface area (Å²) in [6.45, 7) is 7.36. The van der Waals surface area contributed by atoms with E-state index in [-0.39, 0.29) is 28.3 Å². The molecule has 2 aromatic heterocycles. The molecule has 32 heavy (non-hydrogen) atoms. The number of amides is 1. The van der Waals surface area contributed by atoms with Gasteiger partial charge in [-0.15, -0.1) is 0 Å². The monoisotopic (exact) mass is 437 g/mol. The number of pyridine rings is 1. The number of carbonyl (C=O) groups is 1. The van der Waals surface area contributed by atoms with Gasteiger partial charge in [0.1, 0.15) is 11.6 Å². The van der Waals surface area contributed by atoms with Gasteiger partial charge in [-0.3, -0.25) is 9.89 Å². The van der Waals surface area contributed by atoms with Crippen LogP contribution in [0.5, 0.6) is 5.75 Å². The summed E-state index contributed by atoms with van der Waals surface area (Å²) in [5, 5.41) is 21.1. The van der Waals surface area contributed by atoms with Gasteiger partial charge >= 0.3 is 0 Å². The molecule has 3 N–H and O–H groups in total. The molecule has 1 saturated heterocycles. The summed E-state index contributed by atoms with van der Waals surface area (Å²) in [5.74, 6) is -0.862. The van der Waals surface area contributed by atoms with E-state index >= 15 is 0 Å². The fourth-order valence-electron chi connectivity index (χ4n) is 5.14. The van der Waals surface area contributed by atoms with Crippen LogP contribution in [0, 0.1) is 12.7 Å². The fraction of sp³-hybridized carbons (Fsp3) is 0.458. The number of H-pyrrole nitrogens is 1. The number of aryl methyl sites for hydroxylation is 1. The number of nitrogens with zero attached hydrogens (tertiary/aromatic N) is 3. The Morgan fingerprint density at radius 2 is 1.97 bits per heavy atom. The van der Waals surface area contributed by atoms with Gasteiger partial charge in [0.05, 0.1) is 22.2 Å². The Labute approximate surface area is 186 Å². The van der Waals surface area contributed by atoms with Crippen LogP contribution in [0.2, 0.25) is 0 Å². The number of hydrogen-bond donors (Lipinski definition) is 3. The van der Waals surface area contributed by atoms with E-state index in [2.05, 4.69) is 34.3 Å². The number of aromatic amines is 1. The van der Waals surface area contributed by atoms with Crippen LogP contribution >= 0.6 is 0 Å². The van der Waals surface area contributed by atoms with Crippen LogP contribution in [0.3, 0.4) is 0 Å². The van der Waals surface area contributed by atoms with Gasteiger partial charge in [0.2, 0.25) is 0 Å². The van der Waals surface area contributed by atoms with Crippen LogP contribution in [-0.2, 0) is 0 Å². The van der Waals surface area contributed by atoms with E-state index in [9.17, 15) is 14.3 Å². The van der Waals surface area contributed by atoms with Crippen molar-refractivity contribution in [3.05, 3.63) is 41.3 Å². The average molecular weight is 438 g/mol. The highest BCUT2D eigenvalue weighted by atomic mass is 19.1. The third-order valence-electron chi connectivity index (χ3n) is 7.06. The molecule has 1 aliphatic heterocycles. The van der Waals surface area contributed by atoms with Crippen molar-refractivity contribution in [2.45, 2.75) is 57.5 Å². The molecule has 1 spiro atoms. The van der Waals surface area contributed by atoms with E-state index in [1.54, 1.807) is 6.07 Å². The van der Waals surface area contributed by atoms with E-state index < -0.39 is 5.82 Å². The minimum absolute atomic E-state index is 0.0331. The summed E-state index contributed by atoms with van der Waals surface area (Å²) in [4.78, 5) is 20.5. The number of rotatable bonds is 2. The van der Waals surface area contributed by atoms with Crippen molar-refractivity contribution in [1.82, 2.24) is 25.4 Å². The number of fused-ring (bicyclic) bond motifs is 1. The first-order chi connectivity index (χ1) is 15.2. The molecule has 0 unspecified atom stereocenters. The number of phenolic OH excluding ortho intramolecular Hbond substituents is 1. The Kier molecular flexibility index (Phi) is 4.74. The summed E-state index contributed by atoms with van der Waals surface area (Å²) in [6, 6.07) is 5.57. The minimum atomic E-state index is -0.602. The highest BCUT2D eigenvalue weighted by Gasteiger charge is 2.46. The van der Waals surface area contributed by atoms with Crippen molar-refractivity contribution in [2.75, 3.05) is 13.1 Å². The molecule has 1 aromatic carbocycles. The van der Waals surface area contributed by atoms with Gasteiger partial charge in [-0.05, 0) is 51.8 Å². The predicted octanol–water partition coefficient (Wildman–Crippen LogP) is 3.91. The normalized spacial score (nSPS) is 19.7. The van der Waals surface area contributed by atoms with Gasteiger partial charge in [0, 0.05) is 36.0 Å². The van der Waals surface area contributed by atoms with E-state index in [1.165, 1.54) is 25.0 Å². The SMILES string of the molecule is Cc1[nH]nc2nc(-c3ccc(O)cc3F)cc(C(=O)N3CC4(CCCC4)NCC3(C)C)c12. The second-order valence-corrected chi connectivity index (χ2v) is 9.81. The quantitative estimate of drug-likeness (QED) is 0.565. The molecule has 1 aliphatic carbocycles. The zero-order valence-corrected chi connectivity index (χ0v) is 18.6. The van der Waals surface area contributed by atoms with Crippen LogP contribution < -0.4 is 5.32 Å². The molecule has 1 saturated carbocycles. The van der Waals surface area contributed by atoms with Gasteiger partial charge in [-0.25, -0.2) is 9.37 Å². The summed E-state index contributed by atoms with van der Waals surface area (Å²) < 4.78 is 14.6. The number of carbonyl (C=O) groups excluding carboxylic acids is 1. The van der Waals surface area contributed by atoms with Crippen molar-refractivity contribution in [3.63, 3.8) is 0 Å². The molecular weight excluding hydrogens is 409 g/mol. The Morgan fingerprint density at radius 3 is 2.69 bits per heavy atom. The number of benzene rings is 1. The molecule has 0 radical (unpaired) electrons. The van der Waals surface area contributed by atoms with Gasteiger partial charge < -0.3 is 15.3 Å². The first-order valence-corrected chi connectivity index (χ1v) is 11.1. The lowest BCUT2D eigenvalue weighted by Crippen LogP contribution is -2.68. The van der Waals surface area contributed by atoms with Crippen molar-refractivity contribution >= 4 is 16.9 Å². The molecule has 0 bridgehead atoms. The Morgan fingerprint density at radius 1 is 1.22 bits per heavy atom. The second kappa shape index (κ2) is 7.27. The lowest BCUT2D eigenvalue weighted by atomic mass is 9.86. The van der Waals surface area contributed by atoms with Crippen molar-refractivity contribution < 1.29 is 14.3 Å². The molecular formula is C24H28FN5O2. The molecule has 2 aliphatic rings. The van der Waals surface area contributed by atoms with Gasteiger partial charge in [-0.2, -0.15) is 5.10 Å². The number of halogens is 1. The highest BCUT2D eigenvalue weighted by Crippen LogP contribution is 2.37. The number of nitrogens with one attached hydrogen (secondary N) is 2. The van der Waals surface area contributed by atoms with E-state index in [1.807, 2.05) is 11.8 Å². The maximum absolute atomic E-state index is 14.6. The number of phenols is 1. The van der Waals surface area contributed by atoms with Crippen LogP contribution in [-0.4, -0.2) is 55.3 Å². The molecule has 1 amide bonds. The van der Waals surface area contributed by atoms with Crippen LogP contribution in [0.25, 0.3) is 22.3 Å². The number of aromatic nitrogens is 3. The van der Waals surface area contributed by atoms with Crippen molar-refractivity contribution in [1.29, 1.82) is 0 Å². The van der Waals surface area contributed by atoms with E-state index in [0.717, 1.165) is 31.1 Å². The Bertz CT molecular complexity index is 1210. The van der Waals surface area contributed by atoms with Gasteiger partial charge in [0.15, 0.2) is 5.65 Å². The smallest absolute Gasteiger partial charge is 0.255 e. The third-order valence-corrected chi connectivity index (χ3v) is 7.06. The molecule has 8 heteroatoms. The van der Waals surface area contributed by atoms with Gasteiger partial charge in [-0.1, -0.05) is 12.8 Å². The second-order valence-electron chi connectivity index (χ2n) is 9.81. The Balaban J connectivity index is 1.63. The lowest BCUT2D eigenvalue weighted by Gasteiger charge is -2.51. The van der Waals surface area contributed by atoms with E-state index in [4.69, 9.17) is 0 Å². The third kappa shape index (κ3) is 3.33. The van der Waals surface area contributed by atoms with Crippen molar-refractivity contribution in [2.24, 2.45) is 0 Å². The zero-order chi connectivity index (χ0) is 22.7. The van der Waals surface area contributed by atoms with Crippen LogP contribution in [0.4, 0.5) is 4.39 Å². The summed E-state index contributed by atoms with van der Waals surface area (Å²) in [5.41, 5.74) is 1.71. The average Bonchev–Trinajstić information content (AvgIpc) is 3.36. The van der Waals surface area contributed by atoms with Gasteiger partial charge in [0.25, 0.3) is 5.91 Å². The Hall–Kier alpha value is -3.00.